The molecule has 1 radical (unpaired) electrons. The molecule has 0 saturated heterocycles. The van der Waals surface area contributed by atoms with Gasteiger partial charge in [0.2, 0.25) is 0 Å². The van der Waals surface area contributed by atoms with Crippen LogP contribution >= 0.6 is 15.9 Å². The van der Waals surface area contributed by atoms with Gasteiger partial charge in [-0.3, -0.25) is 0 Å². The summed E-state index contributed by atoms with van der Waals surface area (Å²) in [5.74, 6) is 0. The van der Waals surface area contributed by atoms with Crippen molar-refractivity contribution >= 4 is 15.9 Å². The van der Waals surface area contributed by atoms with E-state index < -0.39 is 0 Å². The number of alkyl halides is 1. The molecule has 1 aromatic rings. The van der Waals surface area contributed by atoms with Crippen LogP contribution in [0.15, 0.2) is 18.2 Å². The summed E-state index contributed by atoms with van der Waals surface area (Å²) in [6, 6.07) is 9.36. The van der Waals surface area contributed by atoms with Crippen molar-refractivity contribution in [1.29, 1.82) is 0 Å². The smallest absolute Gasteiger partial charge is 0.0289 e. The minimum atomic E-state index is 0.898. The van der Waals surface area contributed by atoms with E-state index in [-0.39, 0.29) is 0 Å². The fourth-order valence-electron chi connectivity index (χ4n) is 0.723. The SMILES string of the molecule is Cc1[c]c(CBr)ccc1. The lowest BCUT2D eigenvalue weighted by Gasteiger charge is -1.93. The summed E-state index contributed by atoms with van der Waals surface area (Å²) in [5, 5.41) is 0.898. The van der Waals surface area contributed by atoms with Crippen LogP contribution in [0.1, 0.15) is 11.1 Å². The second kappa shape index (κ2) is 3.02. The predicted molar refractivity (Wildman–Crippen MR) is 42.6 cm³/mol. The molecule has 0 bridgehead atoms. The maximum absolute atomic E-state index is 3.36. The normalized spacial score (nSPS) is 9.56. The first kappa shape index (κ1) is 6.81. The first-order valence-corrected chi connectivity index (χ1v) is 3.99. The van der Waals surface area contributed by atoms with Gasteiger partial charge >= 0.3 is 0 Å². The zero-order chi connectivity index (χ0) is 6.69. The van der Waals surface area contributed by atoms with Crippen LogP contribution in [-0.2, 0) is 5.33 Å². The van der Waals surface area contributed by atoms with E-state index in [1.165, 1.54) is 11.1 Å². The van der Waals surface area contributed by atoms with Crippen LogP contribution in [0.25, 0.3) is 0 Å². The summed E-state index contributed by atoms with van der Waals surface area (Å²) in [6.07, 6.45) is 0. The fourth-order valence-corrected chi connectivity index (χ4v) is 1.05. The Kier molecular flexibility index (Phi) is 2.29. The molecule has 0 nitrogen and oxygen atoms in total. The molecule has 0 aliphatic carbocycles. The third-order valence-corrected chi connectivity index (χ3v) is 1.75. The molecule has 0 fully saturated rings. The Balaban J connectivity index is 2.94. The third-order valence-electron chi connectivity index (χ3n) is 1.15. The average Bonchev–Trinajstić information content (AvgIpc) is 1.88. The first-order valence-electron chi connectivity index (χ1n) is 2.86. The monoisotopic (exact) mass is 183 g/mol. The van der Waals surface area contributed by atoms with Crippen LogP contribution in [0.4, 0.5) is 0 Å². The van der Waals surface area contributed by atoms with Crippen LogP contribution in [-0.4, -0.2) is 0 Å². The maximum Gasteiger partial charge on any atom is 0.0289 e. The Morgan fingerprint density at radius 1 is 1.56 bits per heavy atom. The van der Waals surface area contributed by atoms with Crippen molar-refractivity contribution in [3.8, 4) is 0 Å². The molecular formula is C8H8Br. The molecule has 0 amide bonds. The molecule has 0 aliphatic rings. The quantitative estimate of drug-likeness (QED) is 0.588. The maximum atomic E-state index is 3.36. The zero-order valence-electron chi connectivity index (χ0n) is 5.32. The molecule has 0 spiro atoms. The summed E-state index contributed by atoms with van der Waals surface area (Å²) in [6.45, 7) is 2.05. The molecule has 9 heavy (non-hydrogen) atoms. The van der Waals surface area contributed by atoms with Gasteiger partial charge in [0.15, 0.2) is 0 Å². The number of halogens is 1. The molecule has 0 aliphatic heterocycles. The molecule has 1 rings (SSSR count). The van der Waals surface area contributed by atoms with Crippen molar-refractivity contribution in [3.63, 3.8) is 0 Å². The Hall–Kier alpha value is -0.300. The van der Waals surface area contributed by atoms with Gasteiger partial charge in [-0.05, 0) is 24.1 Å². The lowest BCUT2D eigenvalue weighted by molar-refractivity contribution is 1.35. The van der Waals surface area contributed by atoms with Gasteiger partial charge in [-0.1, -0.05) is 34.1 Å². The summed E-state index contributed by atoms with van der Waals surface area (Å²) < 4.78 is 0. The zero-order valence-corrected chi connectivity index (χ0v) is 6.90. The highest BCUT2D eigenvalue weighted by Gasteiger charge is 1.87. The highest BCUT2D eigenvalue weighted by atomic mass is 79.9. The van der Waals surface area contributed by atoms with Gasteiger partial charge in [0.25, 0.3) is 0 Å². The van der Waals surface area contributed by atoms with Crippen LogP contribution in [0, 0.1) is 13.0 Å². The number of aryl methyl sites for hydroxylation is 1. The molecule has 1 aromatic carbocycles. The van der Waals surface area contributed by atoms with Crippen LogP contribution in [0.2, 0.25) is 0 Å². The summed E-state index contributed by atoms with van der Waals surface area (Å²) in [5.41, 5.74) is 2.42. The van der Waals surface area contributed by atoms with E-state index in [2.05, 4.69) is 28.1 Å². The third kappa shape index (κ3) is 1.83. The number of benzene rings is 1. The summed E-state index contributed by atoms with van der Waals surface area (Å²) in [7, 11) is 0. The second-order valence-electron chi connectivity index (χ2n) is 1.99. The molecule has 0 heterocycles. The molecule has 47 valence electrons. The van der Waals surface area contributed by atoms with Crippen LogP contribution in [0.5, 0.6) is 0 Å². The Labute approximate surface area is 64.0 Å². The van der Waals surface area contributed by atoms with Gasteiger partial charge in [0.05, 0.1) is 0 Å². The van der Waals surface area contributed by atoms with E-state index in [1.54, 1.807) is 0 Å². The molecule has 0 unspecified atom stereocenters. The summed E-state index contributed by atoms with van der Waals surface area (Å²) in [4.78, 5) is 0. The first-order chi connectivity index (χ1) is 4.33. The lowest BCUT2D eigenvalue weighted by atomic mass is 10.2. The van der Waals surface area contributed by atoms with Gasteiger partial charge < -0.3 is 0 Å². The second-order valence-corrected chi connectivity index (χ2v) is 2.55. The molecule has 0 aromatic heterocycles. The molecular weight excluding hydrogens is 176 g/mol. The number of hydrogen-bond acceptors (Lipinski definition) is 0. The average molecular weight is 184 g/mol. The van der Waals surface area contributed by atoms with Gasteiger partial charge in [0, 0.05) is 5.33 Å². The topological polar surface area (TPSA) is 0 Å². The van der Waals surface area contributed by atoms with Crippen molar-refractivity contribution in [2.45, 2.75) is 12.3 Å². The predicted octanol–water partition coefficient (Wildman–Crippen LogP) is 2.69. The Morgan fingerprint density at radius 3 is 2.78 bits per heavy atom. The molecule has 0 atom stereocenters. The minimum absolute atomic E-state index is 0.898. The molecule has 0 saturated carbocycles. The molecule has 1 heteroatoms. The van der Waals surface area contributed by atoms with Gasteiger partial charge in [-0.25, -0.2) is 0 Å². The van der Waals surface area contributed by atoms with Crippen molar-refractivity contribution < 1.29 is 0 Å². The molecule has 0 N–H and O–H groups in total. The van der Waals surface area contributed by atoms with E-state index in [1.807, 2.05) is 19.1 Å². The van der Waals surface area contributed by atoms with Crippen molar-refractivity contribution in [3.05, 3.63) is 35.4 Å². The lowest BCUT2D eigenvalue weighted by Crippen LogP contribution is -1.77. The van der Waals surface area contributed by atoms with E-state index in [0.717, 1.165) is 5.33 Å². The van der Waals surface area contributed by atoms with E-state index in [4.69, 9.17) is 0 Å². The van der Waals surface area contributed by atoms with Gasteiger partial charge in [-0.2, -0.15) is 0 Å². The van der Waals surface area contributed by atoms with E-state index >= 15 is 0 Å². The standard InChI is InChI=1S/C8H8Br/c1-7-3-2-4-8(5-7)6-9/h2-4H,6H2,1H3. The summed E-state index contributed by atoms with van der Waals surface area (Å²) >= 11 is 3.36. The fraction of sp³-hybridized carbons (Fsp3) is 0.250. The van der Waals surface area contributed by atoms with Crippen molar-refractivity contribution in [2.75, 3.05) is 0 Å². The highest BCUT2D eigenvalue weighted by Crippen LogP contribution is 2.05. The van der Waals surface area contributed by atoms with Gasteiger partial charge in [0.1, 0.15) is 0 Å². The Morgan fingerprint density at radius 2 is 2.33 bits per heavy atom. The van der Waals surface area contributed by atoms with Gasteiger partial charge in [-0.15, -0.1) is 0 Å². The Bertz CT molecular complexity index is 194. The van der Waals surface area contributed by atoms with Crippen LogP contribution < -0.4 is 0 Å². The number of rotatable bonds is 1. The van der Waals surface area contributed by atoms with Crippen molar-refractivity contribution in [2.24, 2.45) is 0 Å². The minimum Gasteiger partial charge on any atom is -0.0876 e. The van der Waals surface area contributed by atoms with E-state index in [0.29, 0.717) is 0 Å². The number of hydrogen-bond donors (Lipinski definition) is 0. The van der Waals surface area contributed by atoms with Crippen LogP contribution in [0.3, 0.4) is 0 Å². The van der Waals surface area contributed by atoms with Crippen molar-refractivity contribution in [1.82, 2.24) is 0 Å². The highest BCUT2D eigenvalue weighted by molar-refractivity contribution is 9.08. The largest absolute Gasteiger partial charge is 0.0876 e. The van der Waals surface area contributed by atoms with E-state index in [9.17, 15) is 0 Å².